The predicted molar refractivity (Wildman–Crippen MR) is 107 cm³/mol. The van der Waals surface area contributed by atoms with Crippen LogP contribution in [0.2, 0.25) is 0 Å². The average molecular weight is 422 g/mol. The lowest BCUT2D eigenvalue weighted by Gasteiger charge is -2.31. The molecule has 7 nitrogen and oxygen atoms in total. The van der Waals surface area contributed by atoms with Crippen LogP contribution >= 0.6 is 0 Å². The number of aliphatic carboxylic acids is 1. The first-order valence-corrected chi connectivity index (χ1v) is 9.22. The normalized spacial score (nSPS) is 15.0. The van der Waals surface area contributed by atoms with Crippen molar-refractivity contribution in [3.8, 4) is 11.3 Å². The number of aromatic nitrogens is 2. The van der Waals surface area contributed by atoms with E-state index in [9.17, 15) is 18.3 Å². The molecule has 1 aliphatic rings. The molecule has 10 heteroatoms. The Balaban J connectivity index is 0.000000318. The molecular weight excluding hydrogens is 401 g/mol. The van der Waals surface area contributed by atoms with E-state index in [-0.39, 0.29) is 6.10 Å². The lowest BCUT2D eigenvalue weighted by atomic mass is 10.0. The third kappa shape index (κ3) is 5.01. The number of nitrogens with two attached hydrogens (primary N) is 1. The second-order valence-electron chi connectivity index (χ2n) is 6.95. The molecule has 0 radical (unpaired) electrons. The second-order valence-corrected chi connectivity index (χ2v) is 6.95. The van der Waals surface area contributed by atoms with Crippen LogP contribution in [0.1, 0.15) is 12.8 Å². The summed E-state index contributed by atoms with van der Waals surface area (Å²) in [6.07, 6.45) is -3.55. The smallest absolute Gasteiger partial charge is 0.475 e. The molecule has 0 bridgehead atoms. The SMILES string of the molecule is Nc1ccc2[nH]nc(-c3ccc(N4CCC(O)CC4)cc3)c2c1.O=C(O)C(F)(F)F. The highest BCUT2D eigenvalue weighted by Gasteiger charge is 2.38. The average Bonchev–Trinajstić information content (AvgIpc) is 3.11. The number of aliphatic hydroxyl groups excluding tert-OH is 1. The Morgan fingerprint density at radius 3 is 2.30 bits per heavy atom. The number of carbonyl (C=O) groups is 1. The number of aromatic amines is 1. The minimum atomic E-state index is -5.08. The van der Waals surface area contributed by atoms with Gasteiger partial charge in [0.2, 0.25) is 0 Å². The van der Waals surface area contributed by atoms with Crippen LogP contribution in [0.25, 0.3) is 22.2 Å². The van der Waals surface area contributed by atoms with Gasteiger partial charge in [0.05, 0.1) is 17.3 Å². The molecule has 0 atom stereocenters. The minimum Gasteiger partial charge on any atom is -0.475 e. The van der Waals surface area contributed by atoms with Crippen molar-refractivity contribution in [2.24, 2.45) is 0 Å². The van der Waals surface area contributed by atoms with Crippen molar-refractivity contribution in [2.75, 3.05) is 23.7 Å². The summed E-state index contributed by atoms with van der Waals surface area (Å²) in [5.74, 6) is -2.76. The van der Waals surface area contributed by atoms with Crippen LogP contribution in [-0.4, -0.2) is 51.7 Å². The van der Waals surface area contributed by atoms with Crippen molar-refractivity contribution >= 4 is 28.2 Å². The van der Waals surface area contributed by atoms with Crippen molar-refractivity contribution in [1.82, 2.24) is 10.2 Å². The fourth-order valence-corrected chi connectivity index (χ4v) is 3.21. The molecule has 4 rings (SSSR count). The Morgan fingerprint density at radius 2 is 1.73 bits per heavy atom. The van der Waals surface area contributed by atoms with Crippen LogP contribution in [0.15, 0.2) is 42.5 Å². The summed E-state index contributed by atoms with van der Waals surface area (Å²) in [5.41, 5.74) is 10.8. The predicted octanol–water partition coefficient (Wildman–Crippen LogP) is 3.41. The number of nitrogen functional groups attached to an aromatic ring is 1. The lowest BCUT2D eigenvalue weighted by molar-refractivity contribution is -0.192. The number of halogens is 3. The van der Waals surface area contributed by atoms with Gasteiger partial charge in [0.25, 0.3) is 0 Å². The molecule has 3 aromatic rings. The van der Waals surface area contributed by atoms with E-state index in [0.717, 1.165) is 53.8 Å². The number of hydrogen-bond acceptors (Lipinski definition) is 5. The number of hydrogen-bond donors (Lipinski definition) is 4. The fourth-order valence-electron chi connectivity index (χ4n) is 3.21. The molecule has 0 unspecified atom stereocenters. The van der Waals surface area contributed by atoms with Crippen molar-refractivity contribution in [3.05, 3.63) is 42.5 Å². The Morgan fingerprint density at radius 1 is 1.13 bits per heavy atom. The molecule has 1 saturated heterocycles. The number of piperidine rings is 1. The number of rotatable bonds is 2. The highest BCUT2D eigenvalue weighted by molar-refractivity contribution is 5.94. The highest BCUT2D eigenvalue weighted by atomic mass is 19.4. The van der Waals surface area contributed by atoms with Gasteiger partial charge in [-0.15, -0.1) is 0 Å². The van der Waals surface area contributed by atoms with E-state index in [2.05, 4.69) is 39.4 Å². The Hall–Kier alpha value is -3.27. The van der Waals surface area contributed by atoms with Crippen LogP contribution in [0.3, 0.4) is 0 Å². The van der Waals surface area contributed by atoms with Crippen LogP contribution in [0, 0.1) is 0 Å². The summed E-state index contributed by atoms with van der Waals surface area (Å²) in [6, 6.07) is 14.2. The van der Waals surface area contributed by atoms with E-state index in [0.29, 0.717) is 0 Å². The largest absolute Gasteiger partial charge is 0.490 e. The molecule has 0 amide bonds. The molecule has 160 valence electrons. The maximum absolute atomic E-state index is 10.6. The first-order valence-electron chi connectivity index (χ1n) is 9.22. The molecule has 0 saturated carbocycles. The number of benzene rings is 2. The zero-order valence-electron chi connectivity index (χ0n) is 15.9. The van der Waals surface area contributed by atoms with Gasteiger partial charge in [0.1, 0.15) is 0 Å². The van der Waals surface area contributed by atoms with Crippen molar-refractivity contribution < 1.29 is 28.2 Å². The number of carboxylic acid groups (broad SMARTS) is 1. The Bertz CT molecular complexity index is 1010. The van der Waals surface area contributed by atoms with E-state index >= 15 is 0 Å². The van der Waals surface area contributed by atoms with Gasteiger partial charge in [-0.05, 0) is 43.2 Å². The molecule has 1 fully saturated rings. The zero-order chi connectivity index (χ0) is 21.9. The summed E-state index contributed by atoms with van der Waals surface area (Å²) >= 11 is 0. The summed E-state index contributed by atoms with van der Waals surface area (Å²) in [4.78, 5) is 11.2. The second kappa shape index (κ2) is 8.62. The molecule has 2 aromatic carbocycles. The number of anilines is 2. The standard InChI is InChI=1S/C18H20N4O.C2HF3O2/c19-13-3-6-17-16(11-13)18(21-20-17)12-1-4-14(5-2-12)22-9-7-15(23)8-10-22;3-2(4,5)1(6)7/h1-6,11,15,23H,7-10,19H2,(H,20,21);(H,6,7). The summed E-state index contributed by atoms with van der Waals surface area (Å²) < 4.78 is 31.7. The number of nitrogens with zero attached hydrogens (tertiary/aromatic N) is 2. The molecule has 30 heavy (non-hydrogen) atoms. The van der Waals surface area contributed by atoms with Gasteiger partial charge >= 0.3 is 12.1 Å². The topological polar surface area (TPSA) is 115 Å². The molecule has 1 aromatic heterocycles. The molecule has 1 aliphatic heterocycles. The quantitative estimate of drug-likeness (QED) is 0.471. The fraction of sp³-hybridized carbons (Fsp3) is 0.300. The summed E-state index contributed by atoms with van der Waals surface area (Å²) in [6.45, 7) is 1.81. The van der Waals surface area contributed by atoms with Crippen molar-refractivity contribution in [3.63, 3.8) is 0 Å². The maximum atomic E-state index is 10.6. The summed E-state index contributed by atoms with van der Waals surface area (Å²) in [5, 5.41) is 25.3. The van der Waals surface area contributed by atoms with E-state index in [1.165, 1.54) is 5.69 Å². The van der Waals surface area contributed by atoms with E-state index in [1.54, 1.807) is 0 Å². The van der Waals surface area contributed by atoms with Crippen LogP contribution in [0.5, 0.6) is 0 Å². The number of carboxylic acids is 1. The molecule has 2 heterocycles. The van der Waals surface area contributed by atoms with Gasteiger partial charge in [-0.3, -0.25) is 5.10 Å². The van der Waals surface area contributed by atoms with Gasteiger partial charge in [-0.1, -0.05) is 12.1 Å². The first kappa shape index (κ1) is 21.4. The molecular formula is C20H21F3N4O3. The highest BCUT2D eigenvalue weighted by Crippen LogP contribution is 2.29. The summed E-state index contributed by atoms with van der Waals surface area (Å²) in [7, 11) is 0. The zero-order valence-corrected chi connectivity index (χ0v) is 15.9. The number of nitrogens with one attached hydrogen (secondary N) is 1. The van der Waals surface area contributed by atoms with Crippen molar-refractivity contribution in [2.45, 2.75) is 25.1 Å². The van der Waals surface area contributed by atoms with Gasteiger partial charge < -0.3 is 20.8 Å². The van der Waals surface area contributed by atoms with E-state index < -0.39 is 12.1 Å². The monoisotopic (exact) mass is 422 g/mol. The Kier molecular flexibility index (Phi) is 6.16. The van der Waals surface area contributed by atoms with E-state index in [1.807, 2.05) is 18.2 Å². The molecule has 0 spiro atoms. The number of aliphatic hydroxyl groups is 1. The number of H-pyrrole nitrogens is 1. The molecule has 5 N–H and O–H groups in total. The van der Waals surface area contributed by atoms with Gasteiger partial charge in [0.15, 0.2) is 0 Å². The van der Waals surface area contributed by atoms with Crippen LogP contribution < -0.4 is 10.6 Å². The Labute approximate surface area is 169 Å². The van der Waals surface area contributed by atoms with Gasteiger partial charge in [0, 0.05) is 35.4 Å². The third-order valence-corrected chi connectivity index (χ3v) is 4.80. The van der Waals surface area contributed by atoms with Gasteiger partial charge in [-0.25, -0.2) is 4.79 Å². The van der Waals surface area contributed by atoms with Crippen LogP contribution in [0.4, 0.5) is 24.5 Å². The third-order valence-electron chi connectivity index (χ3n) is 4.80. The maximum Gasteiger partial charge on any atom is 0.490 e. The number of alkyl halides is 3. The lowest BCUT2D eigenvalue weighted by Crippen LogP contribution is -2.35. The van der Waals surface area contributed by atoms with Crippen molar-refractivity contribution in [1.29, 1.82) is 0 Å². The van der Waals surface area contributed by atoms with E-state index in [4.69, 9.17) is 15.6 Å². The van der Waals surface area contributed by atoms with Gasteiger partial charge in [-0.2, -0.15) is 18.3 Å². The van der Waals surface area contributed by atoms with Crippen LogP contribution in [-0.2, 0) is 4.79 Å². The molecule has 0 aliphatic carbocycles. The number of fused-ring (bicyclic) bond motifs is 1. The first-order chi connectivity index (χ1) is 14.1. The minimum absolute atomic E-state index is 0.147.